The van der Waals surface area contributed by atoms with Gasteiger partial charge in [0.2, 0.25) is 0 Å². The highest BCUT2D eigenvalue weighted by atomic mass is 35.5. The lowest BCUT2D eigenvalue weighted by Gasteiger charge is -1.98. The number of hydrogen-bond donors (Lipinski definition) is 0. The Balaban J connectivity index is 2.89. The van der Waals surface area contributed by atoms with Crippen molar-refractivity contribution in [3.05, 3.63) is 41.0 Å². The van der Waals surface area contributed by atoms with Crippen LogP contribution in [0.3, 0.4) is 0 Å². The fourth-order valence-corrected chi connectivity index (χ4v) is 1.38. The maximum absolute atomic E-state index is 8.81. The maximum atomic E-state index is 8.81. The molecular weight excluding hydrogens is 184 g/mol. The van der Waals surface area contributed by atoms with Gasteiger partial charge in [0.15, 0.2) is 0 Å². The molecule has 0 amide bonds. The molecule has 0 fully saturated rings. The Morgan fingerprint density at radius 3 is 3.00 bits per heavy atom. The van der Waals surface area contributed by atoms with Crippen molar-refractivity contribution in [1.82, 2.24) is 4.98 Å². The van der Waals surface area contributed by atoms with Gasteiger partial charge in [0.25, 0.3) is 0 Å². The first-order valence-corrected chi connectivity index (χ1v) is 4.13. The number of pyridine rings is 1. The Kier molecular flexibility index (Phi) is 1.88. The molecule has 13 heavy (non-hydrogen) atoms. The smallest absolute Gasteiger partial charge is 0.0998 e. The van der Waals surface area contributed by atoms with Crippen molar-refractivity contribution in [1.29, 1.82) is 5.26 Å². The van der Waals surface area contributed by atoms with Crippen LogP contribution in [0.2, 0.25) is 5.02 Å². The molecule has 0 saturated carbocycles. The van der Waals surface area contributed by atoms with E-state index >= 15 is 0 Å². The Morgan fingerprint density at radius 1 is 1.38 bits per heavy atom. The van der Waals surface area contributed by atoms with Gasteiger partial charge < -0.3 is 0 Å². The van der Waals surface area contributed by atoms with E-state index < -0.39 is 0 Å². The number of aromatic nitrogens is 1. The number of fused-ring (bicyclic) bond motifs is 1. The molecule has 0 spiro atoms. The van der Waals surface area contributed by atoms with Crippen molar-refractivity contribution >= 4 is 22.5 Å². The van der Waals surface area contributed by atoms with E-state index in [0.717, 1.165) is 10.9 Å². The molecule has 2 nitrogen and oxygen atoms in total. The Labute approximate surface area is 80.4 Å². The number of benzene rings is 1. The fraction of sp³-hybridized carbons (Fsp3) is 0. The van der Waals surface area contributed by atoms with Gasteiger partial charge in [-0.2, -0.15) is 5.26 Å². The predicted octanol–water partition coefficient (Wildman–Crippen LogP) is 2.76. The molecule has 0 unspecified atom stereocenters. The summed E-state index contributed by atoms with van der Waals surface area (Å²) in [5.41, 5.74) is 1.40. The van der Waals surface area contributed by atoms with Gasteiger partial charge in [-0.1, -0.05) is 17.7 Å². The molecule has 0 aliphatic heterocycles. The van der Waals surface area contributed by atoms with Crippen LogP contribution in [0.5, 0.6) is 0 Å². The van der Waals surface area contributed by atoms with E-state index in [-0.39, 0.29) is 0 Å². The average molecular weight is 189 g/mol. The molecular formula is C10H5ClN2. The Hall–Kier alpha value is -1.59. The van der Waals surface area contributed by atoms with Gasteiger partial charge in [-0.25, -0.2) is 0 Å². The van der Waals surface area contributed by atoms with Gasteiger partial charge in [0, 0.05) is 11.6 Å². The molecule has 1 aromatic heterocycles. The first kappa shape index (κ1) is 8.03. The third-order valence-corrected chi connectivity index (χ3v) is 2.02. The Bertz CT molecular complexity index is 500. The van der Waals surface area contributed by atoms with Crippen LogP contribution in [0, 0.1) is 11.3 Å². The summed E-state index contributed by atoms with van der Waals surface area (Å²) in [5.74, 6) is 0. The quantitative estimate of drug-likeness (QED) is 0.638. The molecule has 1 heterocycles. The number of nitriles is 1. The van der Waals surface area contributed by atoms with E-state index in [1.54, 1.807) is 18.3 Å². The monoisotopic (exact) mass is 188 g/mol. The molecule has 2 aromatic rings. The molecule has 3 heteroatoms. The number of halogens is 1. The summed E-state index contributed by atoms with van der Waals surface area (Å²) in [5, 5.41) is 10.2. The third kappa shape index (κ3) is 1.34. The Morgan fingerprint density at radius 2 is 2.23 bits per heavy atom. The van der Waals surface area contributed by atoms with Crippen LogP contribution in [-0.2, 0) is 0 Å². The van der Waals surface area contributed by atoms with E-state index in [2.05, 4.69) is 11.1 Å². The van der Waals surface area contributed by atoms with E-state index in [0.29, 0.717) is 10.6 Å². The number of hydrogen-bond acceptors (Lipinski definition) is 2. The summed E-state index contributed by atoms with van der Waals surface area (Å²) in [6, 6.07) is 9.26. The molecule has 2 rings (SSSR count). The summed E-state index contributed by atoms with van der Waals surface area (Å²) in [4.78, 5) is 4.11. The zero-order chi connectivity index (χ0) is 9.26. The summed E-state index contributed by atoms with van der Waals surface area (Å²) in [7, 11) is 0. The van der Waals surface area contributed by atoms with Crippen LogP contribution in [0.1, 0.15) is 5.56 Å². The van der Waals surface area contributed by atoms with E-state index in [1.165, 1.54) is 0 Å². The zero-order valence-electron chi connectivity index (χ0n) is 6.66. The summed E-state index contributed by atoms with van der Waals surface area (Å²) in [6.07, 6.45) is 1.57. The van der Waals surface area contributed by atoms with Crippen molar-refractivity contribution < 1.29 is 0 Å². The summed E-state index contributed by atoms with van der Waals surface area (Å²) >= 11 is 5.78. The minimum absolute atomic E-state index is 0.551. The minimum Gasteiger partial charge on any atom is -0.255 e. The highest BCUT2D eigenvalue weighted by Crippen LogP contribution is 2.19. The van der Waals surface area contributed by atoms with Gasteiger partial charge >= 0.3 is 0 Å². The lowest BCUT2D eigenvalue weighted by atomic mass is 10.1. The van der Waals surface area contributed by atoms with E-state index in [4.69, 9.17) is 16.9 Å². The largest absolute Gasteiger partial charge is 0.255 e. The van der Waals surface area contributed by atoms with Crippen LogP contribution in [-0.4, -0.2) is 4.98 Å². The number of nitrogens with zero attached hydrogens (tertiary/aromatic N) is 2. The first-order valence-electron chi connectivity index (χ1n) is 3.75. The lowest BCUT2D eigenvalue weighted by molar-refractivity contribution is 1.40. The fourth-order valence-electron chi connectivity index (χ4n) is 1.22. The lowest BCUT2D eigenvalue weighted by Crippen LogP contribution is -1.82. The van der Waals surface area contributed by atoms with Crippen LogP contribution in [0.4, 0.5) is 0 Å². The molecule has 1 aromatic carbocycles. The van der Waals surface area contributed by atoms with Gasteiger partial charge in [-0.15, -0.1) is 0 Å². The van der Waals surface area contributed by atoms with Crippen molar-refractivity contribution in [2.75, 3.05) is 0 Å². The van der Waals surface area contributed by atoms with Crippen LogP contribution in [0.15, 0.2) is 30.5 Å². The number of rotatable bonds is 0. The molecule has 0 bridgehead atoms. The second kappa shape index (κ2) is 3.04. The SMILES string of the molecule is N#Cc1cccc2ncc(Cl)cc12. The highest BCUT2D eigenvalue weighted by Gasteiger charge is 2.00. The third-order valence-electron chi connectivity index (χ3n) is 1.81. The van der Waals surface area contributed by atoms with Crippen LogP contribution >= 0.6 is 11.6 Å². The molecule has 0 atom stereocenters. The van der Waals surface area contributed by atoms with Crippen molar-refractivity contribution in [3.8, 4) is 6.07 Å². The minimum atomic E-state index is 0.551. The van der Waals surface area contributed by atoms with Gasteiger partial charge in [-0.05, 0) is 18.2 Å². The second-order valence-corrected chi connectivity index (χ2v) is 3.07. The molecule has 0 saturated heterocycles. The maximum Gasteiger partial charge on any atom is 0.0998 e. The summed E-state index contributed by atoms with van der Waals surface area (Å²) < 4.78 is 0. The average Bonchev–Trinajstić information content (AvgIpc) is 2.17. The molecule has 0 N–H and O–H groups in total. The van der Waals surface area contributed by atoms with Crippen molar-refractivity contribution in [3.63, 3.8) is 0 Å². The standard InChI is InChI=1S/C10H5ClN2/c11-8-4-9-7(5-12)2-1-3-10(9)13-6-8/h1-4,6H. The van der Waals surface area contributed by atoms with E-state index in [1.807, 2.05) is 12.1 Å². The topological polar surface area (TPSA) is 36.7 Å². The van der Waals surface area contributed by atoms with Gasteiger partial charge in [0.05, 0.1) is 22.2 Å². The van der Waals surface area contributed by atoms with Crippen molar-refractivity contribution in [2.24, 2.45) is 0 Å². The van der Waals surface area contributed by atoms with Gasteiger partial charge in [0.1, 0.15) is 0 Å². The van der Waals surface area contributed by atoms with Gasteiger partial charge in [-0.3, -0.25) is 4.98 Å². The van der Waals surface area contributed by atoms with Crippen LogP contribution in [0.25, 0.3) is 10.9 Å². The zero-order valence-corrected chi connectivity index (χ0v) is 7.42. The molecule has 0 aliphatic rings. The second-order valence-electron chi connectivity index (χ2n) is 2.64. The molecule has 0 radical (unpaired) electrons. The van der Waals surface area contributed by atoms with E-state index in [9.17, 15) is 0 Å². The van der Waals surface area contributed by atoms with Crippen LogP contribution < -0.4 is 0 Å². The normalized spacial score (nSPS) is 9.85. The molecule has 0 aliphatic carbocycles. The summed E-state index contributed by atoms with van der Waals surface area (Å²) in [6.45, 7) is 0. The highest BCUT2D eigenvalue weighted by molar-refractivity contribution is 6.31. The first-order chi connectivity index (χ1) is 6.31. The molecule has 62 valence electrons. The van der Waals surface area contributed by atoms with Crippen molar-refractivity contribution in [2.45, 2.75) is 0 Å². The predicted molar refractivity (Wildman–Crippen MR) is 51.5 cm³/mol.